The smallest absolute Gasteiger partial charge is 0.252 e. The van der Waals surface area contributed by atoms with Gasteiger partial charge in [-0.1, -0.05) is 41.9 Å². The molecule has 1 amide bonds. The number of halogens is 1. The second-order valence-electron chi connectivity index (χ2n) is 5.65. The first-order valence-corrected chi connectivity index (χ1v) is 7.96. The van der Waals surface area contributed by atoms with E-state index in [9.17, 15) is 9.90 Å². The number of hydrogen-bond donors (Lipinski definition) is 2. The third-order valence-corrected chi connectivity index (χ3v) is 3.69. The van der Waals surface area contributed by atoms with Crippen LogP contribution in [0.1, 0.15) is 15.9 Å². The lowest BCUT2D eigenvalue weighted by molar-refractivity contribution is 0.0733. The molecule has 24 heavy (non-hydrogen) atoms. The molecule has 5 nitrogen and oxygen atoms in total. The summed E-state index contributed by atoms with van der Waals surface area (Å²) in [5.74, 6) is -0.306. The number of carbonyl (C=O) groups is 1. The number of likely N-dealkylation sites (N-methyl/N-ethyl adjacent to an activating group) is 1. The van der Waals surface area contributed by atoms with Crippen molar-refractivity contribution in [1.82, 2.24) is 4.90 Å². The molecular formula is C18H21ClN2O3. The molecule has 0 radical (unpaired) electrons. The molecule has 0 saturated carbocycles. The first-order valence-electron chi connectivity index (χ1n) is 7.58. The van der Waals surface area contributed by atoms with Crippen LogP contribution in [0.25, 0.3) is 0 Å². The van der Waals surface area contributed by atoms with Crippen LogP contribution in [0.15, 0.2) is 48.5 Å². The normalized spacial score (nSPS) is 12.2. The van der Waals surface area contributed by atoms with Crippen LogP contribution in [0.2, 0.25) is 5.02 Å². The quantitative estimate of drug-likeness (QED) is 0.767. The summed E-state index contributed by atoms with van der Waals surface area (Å²) in [6.07, 6.45) is -0.699. The Morgan fingerprint density at radius 3 is 2.67 bits per heavy atom. The molecule has 3 N–H and O–H groups in total. The Morgan fingerprint density at radius 1 is 1.29 bits per heavy atom. The molecule has 1 atom stereocenters. The maximum atomic E-state index is 11.4. The lowest BCUT2D eigenvalue weighted by Crippen LogP contribution is -2.33. The van der Waals surface area contributed by atoms with Crippen LogP contribution < -0.4 is 10.5 Å². The number of hydrogen-bond acceptors (Lipinski definition) is 4. The van der Waals surface area contributed by atoms with Crippen LogP contribution >= 0.6 is 11.6 Å². The van der Waals surface area contributed by atoms with E-state index in [-0.39, 0.29) is 12.2 Å². The van der Waals surface area contributed by atoms with Crippen LogP contribution in [0.3, 0.4) is 0 Å². The van der Waals surface area contributed by atoms with Crippen LogP contribution in [0.4, 0.5) is 0 Å². The number of nitrogens with two attached hydrogens (primary N) is 1. The van der Waals surface area contributed by atoms with Gasteiger partial charge in [-0.2, -0.15) is 0 Å². The molecule has 0 aliphatic carbocycles. The second-order valence-corrected chi connectivity index (χ2v) is 6.09. The van der Waals surface area contributed by atoms with E-state index in [4.69, 9.17) is 22.1 Å². The standard InChI is InChI=1S/C18H21ClN2O3/c1-21(10-13-5-3-2-4-6-13)11-15(22)12-24-17-8-7-14(19)9-16(17)18(20)23/h2-9,15,22H,10-12H2,1H3,(H2,20,23). The average molecular weight is 349 g/mol. The van der Waals surface area contributed by atoms with Gasteiger partial charge >= 0.3 is 0 Å². The number of benzene rings is 2. The minimum atomic E-state index is -0.699. The molecular weight excluding hydrogens is 328 g/mol. The Labute approximate surface area is 146 Å². The molecule has 6 heteroatoms. The van der Waals surface area contributed by atoms with Gasteiger partial charge in [-0.25, -0.2) is 0 Å². The molecule has 2 rings (SSSR count). The van der Waals surface area contributed by atoms with E-state index < -0.39 is 12.0 Å². The lowest BCUT2D eigenvalue weighted by atomic mass is 10.2. The monoisotopic (exact) mass is 348 g/mol. The molecule has 1 unspecified atom stereocenters. The van der Waals surface area contributed by atoms with Crippen molar-refractivity contribution in [3.63, 3.8) is 0 Å². The predicted octanol–water partition coefficient (Wildman–Crippen LogP) is 2.31. The number of nitrogens with zero attached hydrogens (tertiary/aromatic N) is 1. The fourth-order valence-corrected chi connectivity index (χ4v) is 2.55. The number of aliphatic hydroxyl groups is 1. The largest absolute Gasteiger partial charge is 0.490 e. The Balaban J connectivity index is 1.87. The van der Waals surface area contributed by atoms with Crippen molar-refractivity contribution in [3.8, 4) is 5.75 Å². The summed E-state index contributed by atoms with van der Waals surface area (Å²) >= 11 is 5.85. The molecule has 0 bridgehead atoms. The van der Waals surface area contributed by atoms with Gasteiger partial charge in [-0.3, -0.25) is 9.69 Å². The zero-order valence-corrected chi connectivity index (χ0v) is 14.2. The molecule has 128 valence electrons. The molecule has 0 aromatic heterocycles. The number of aliphatic hydroxyl groups excluding tert-OH is 1. The lowest BCUT2D eigenvalue weighted by Gasteiger charge is -2.21. The summed E-state index contributed by atoms with van der Waals surface area (Å²) in [6, 6.07) is 14.6. The Morgan fingerprint density at radius 2 is 2.00 bits per heavy atom. The van der Waals surface area contributed by atoms with Gasteiger partial charge < -0.3 is 15.6 Å². The van der Waals surface area contributed by atoms with Crippen molar-refractivity contribution in [2.24, 2.45) is 5.73 Å². The van der Waals surface area contributed by atoms with Gasteiger partial charge in [-0.15, -0.1) is 0 Å². The van der Waals surface area contributed by atoms with Crippen molar-refractivity contribution in [2.45, 2.75) is 12.6 Å². The summed E-state index contributed by atoms with van der Waals surface area (Å²) in [5, 5.41) is 10.5. The summed E-state index contributed by atoms with van der Waals surface area (Å²) in [6.45, 7) is 1.22. The Bertz CT molecular complexity index is 679. The average Bonchev–Trinajstić information content (AvgIpc) is 2.54. The first kappa shape index (κ1) is 18.3. The highest BCUT2D eigenvalue weighted by molar-refractivity contribution is 6.31. The van der Waals surface area contributed by atoms with Gasteiger partial charge in [0, 0.05) is 18.1 Å². The Hall–Kier alpha value is -2.08. The minimum absolute atomic E-state index is 0.0566. The minimum Gasteiger partial charge on any atom is -0.490 e. The Kier molecular flexibility index (Phi) is 6.61. The van der Waals surface area contributed by atoms with E-state index in [0.717, 1.165) is 6.54 Å². The van der Waals surface area contributed by atoms with E-state index in [2.05, 4.69) is 0 Å². The molecule has 0 heterocycles. The van der Waals surface area contributed by atoms with E-state index in [1.165, 1.54) is 11.6 Å². The van der Waals surface area contributed by atoms with E-state index in [0.29, 0.717) is 17.3 Å². The molecule has 0 aliphatic heterocycles. The number of ether oxygens (including phenoxy) is 1. The van der Waals surface area contributed by atoms with Crippen molar-refractivity contribution in [1.29, 1.82) is 0 Å². The van der Waals surface area contributed by atoms with Crippen LogP contribution in [-0.2, 0) is 6.54 Å². The van der Waals surface area contributed by atoms with Crippen LogP contribution in [0, 0.1) is 0 Å². The van der Waals surface area contributed by atoms with Crippen molar-refractivity contribution >= 4 is 17.5 Å². The number of primary amides is 1. The zero-order chi connectivity index (χ0) is 17.5. The molecule has 0 fully saturated rings. The summed E-state index contributed by atoms with van der Waals surface area (Å²) in [5.41, 5.74) is 6.68. The maximum Gasteiger partial charge on any atom is 0.252 e. The highest BCUT2D eigenvalue weighted by Gasteiger charge is 2.14. The molecule has 2 aromatic rings. The SMILES string of the molecule is CN(Cc1ccccc1)CC(O)COc1ccc(Cl)cc1C(N)=O. The summed E-state index contributed by atoms with van der Waals surface area (Å²) < 4.78 is 5.53. The van der Waals surface area contributed by atoms with Crippen LogP contribution in [-0.4, -0.2) is 42.2 Å². The first-order chi connectivity index (χ1) is 11.5. The molecule has 0 aliphatic rings. The predicted molar refractivity (Wildman–Crippen MR) is 94.2 cm³/mol. The van der Waals surface area contributed by atoms with Gasteiger partial charge in [0.1, 0.15) is 18.5 Å². The van der Waals surface area contributed by atoms with E-state index in [1.807, 2.05) is 42.3 Å². The van der Waals surface area contributed by atoms with Gasteiger partial charge in [0.2, 0.25) is 0 Å². The number of amides is 1. The second kappa shape index (κ2) is 8.68. The van der Waals surface area contributed by atoms with Crippen molar-refractivity contribution < 1.29 is 14.6 Å². The fraction of sp³-hybridized carbons (Fsp3) is 0.278. The fourth-order valence-electron chi connectivity index (χ4n) is 2.38. The topological polar surface area (TPSA) is 75.8 Å². The van der Waals surface area contributed by atoms with Gasteiger partial charge in [0.05, 0.1) is 5.56 Å². The van der Waals surface area contributed by atoms with E-state index in [1.54, 1.807) is 12.1 Å². The molecule has 0 spiro atoms. The van der Waals surface area contributed by atoms with Gasteiger partial charge in [0.25, 0.3) is 5.91 Å². The van der Waals surface area contributed by atoms with Crippen molar-refractivity contribution in [2.75, 3.05) is 20.2 Å². The van der Waals surface area contributed by atoms with E-state index >= 15 is 0 Å². The third-order valence-electron chi connectivity index (χ3n) is 3.46. The highest BCUT2D eigenvalue weighted by Crippen LogP contribution is 2.22. The number of rotatable bonds is 8. The molecule has 2 aromatic carbocycles. The molecule has 0 saturated heterocycles. The highest BCUT2D eigenvalue weighted by atomic mass is 35.5. The van der Waals surface area contributed by atoms with Crippen LogP contribution in [0.5, 0.6) is 5.75 Å². The summed E-state index contributed by atoms with van der Waals surface area (Å²) in [4.78, 5) is 13.4. The zero-order valence-electron chi connectivity index (χ0n) is 13.5. The summed E-state index contributed by atoms with van der Waals surface area (Å²) in [7, 11) is 1.92. The van der Waals surface area contributed by atoms with Crippen molar-refractivity contribution in [3.05, 3.63) is 64.7 Å². The maximum absolute atomic E-state index is 11.4. The third kappa shape index (κ3) is 5.53. The van der Waals surface area contributed by atoms with Gasteiger partial charge in [-0.05, 0) is 30.8 Å². The number of carbonyl (C=O) groups excluding carboxylic acids is 1. The van der Waals surface area contributed by atoms with Gasteiger partial charge in [0.15, 0.2) is 0 Å².